The van der Waals surface area contributed by atoms with Crippen molar-refractivity contribution in [3.63, 3.8) is 0 Å². The van der Waals surface area contributed by atoms with Gasteiger partial charge in [0.2, 0.25) is 0 Å². The van der Waals surface area contributed by atoms with E-state index in [9.17, 15) is 0 Å². The van der Waals surface area contributed by atoms with Gasteiger partial charge in [-0.05, 0) is 31.4 Å². The third kappa shape index (κ3) is 7.22. The van der Waals surface area contributed by atoms with Crippen molar-refractivity contribution in [3.05, 3.63) is 29.8 Å². The van der Waals surface area contributed by atoms with Crippen molar-refractivity contribution in [2.45, 2.75) is 26.9 Å². The summed E-state index contributed by atoms with van der Waals surface area (Å²) in [6.45, 7) is 12.8. The van der Waals surface area contributed by atoms with Gasteiger partial charge in [0.25, 0.3) is 0 Å². The molecule has 2 N–H and O–H groups in total. The molecule has 1 aromatic rings. The van der Waals surface area contributed by atoms with Crippen LogP contribution < -0.4 is 15.4 Å². The topological polar surface area (TPSA) is 58.1 Å². The lowest BCUT2D eigenvalue weighted by Crippen LogP contribution is -2.45. The quantitative estimate of drug-likeness (QED) is 0.546. The van der Waals surface area contributed by atoms with Crippen molar-refractivity contribution in [1.29, 1.82) is 0 Å². The number of rotatable bonds is 8. The lowest BCUT2D eigenvalue weighted by Gasteiger charge is -2.29. The Bertz CT molecular complexity index is 558. The van der Waals surface area contributed by atoms with Crippen LogP contribution in [0.15, 0.2) is 29.3 Å². The second-order valence-corrected chi connectivity index (χ2v) is 7.05. The van der Waals surface area contributed by atoms with Crippen LogP contribution in [0.25, 0.3) is 0 Å². The highest BCUT2D eigenvalue weighted by atomic mass is 16.5. The Morgan fingerprint density at radius 2 is 1.88 bits per heavy atom. The molecule has 26 heavy (non-hydrogen) atoms. The molecule has 146 valence electrons. The molecule has 0 bridgehead atoms. The molecule has 6 nitrogen and oxygen atoms in total. The van der Waals surface area contributed by atoms with Gasteiger partial charge >= 0.3 is 0 Å². The van der Waals surface area contributed by atoms with Crippen LogP contribution in [0, 0.1) is 12.8 Å². The van der Waals surface area contributed by atoms with Crippen molar-refractivity contribution < 1.29 is 9.47 Å². The zero-order valence-electron chi connectivity index (χ0n) is 16.6. The predicted molar refractivity (Wildman–Crippen MR) is 107 cm³/mol. The molecule has 0 spiro atoms. The standard InChI is InChI=1S/C20H34N4O2/c1-16(15-24-9-11-25-12-10-24)13-22-20(21-4)23-14-18(3)26-19-8-6-5-7-17(19)2/h5-8,16,18H,9-15H2,1-4H3,(H2,21,22,23). The van der Waals surface area contributed by atoms with E-state index in [1.807, 2.05) is 18.2 Å². The maximum absolute atomic E-state index is 6.00. The molecule has 0 amide bonds. The summed E-state index contributed by atoms with van der Waals surface area (Å²) in [5, 5.41) is 6.76. The number of nitrogens with zero attached hydrogens (tertiary/aromatic N) is 2. The molecule has 1 aromatic carbocycles. The van der Waals surface area contributed by atoms with Gasteiger partial charge in [0.05, 0.1) is 19.8 Å². The molecule has 1 aliphatic rings. The number of morpholine rings is 1. The fourth-order valence-electron chi connectivity index (χ4n) is 2.97. The van der Waals surface area contributed by atoms with Crippen molar-refractivity contribution in [1.82, 2.24) is 15.5 Å². The van der Waals surface area contributed by atoms with Crippen LogP contribution in [0.5, 0.6) is 5.75 Å². The minimum atomic E-state index is 0.0559. The summed E-state index contributed by atoms with van der Waals surface area (Å²) < 4.78 is 11.4. The van der Waals surface area contributed by atoms with Crippen molar-refractivity contribution in [3.8, 4) is 5.75 Å². The highest BCUT2D eigenvalue weighted by Gasteiger charge is 2.14. The summed E-state index contributed by atoms with van der Waals surface area (Å²) in [6.07, 6.45) is 0.0559. The second kappa shape index (κ2) is 11.0. The van der Waals surface area contributed by atoms with Crippen LogP contribution in [0.3, 0.4) is 0 Å². The van der Waals surface area contributed by atoms with Gasteiger partial charge in [-0.1, -0.05) is 25.1 Å². The first-order valence-corrected chi connectivity index (χ1v) is 9.55. The number of guanidine groups is 1. The van der Waals surface area contributed by atoms with E-state index in [0.717, 1.165) is 56.7 Å². The van der Waals surface area contributed by atoms with Gasteiger partial charge < -0.3 is 20.1 Å². The first-order chi connectivity index (χ1) is 12.6. The van der Waals surface area contributed by atoms with E-state index >= 15 is 0 Å². The van der Waals surface area contributed by atoms with Crippen LogP contribution >= 0.6 is 0 Å². The van der Waals surface area contributed by atoms with Gasteiger partial charge in [-0.3, -0.25) is 9.89 Å². The van der Waals surface area contributed by atoms with Crippen molar-refractivity contribution in [2.75, 3.05) is 53.0 Å². The Morgan fingerprint density at radius 1 is 1.19 bits per heavy atom. The second-order valence-electron chi connectivity index (χ2n) is 7.05. The number of para-hydroxylation sites is 1. The Balaban J connectivity index is 1.67. The molecule has 1 saturated heterocycles. The largest absolute Gasteiger partial charge is 0.489 e. The number of aryl methyl sites for hydroxylation is 1. The normalized spacial score (nSPS) is 18.2. The van der Waals surface area contributed by atoms with Crippen LogP contribution in [0.1, 0.15) is 19.4 Å². The molecule has 6 heteroatoms. The summed E-state index contributed by atoms with van der Waals surface area (Å²) in [4.78, 5) is 6.77. The van der Waals surface area contributed by atoms with E-state index in [-0.39, 0.29) is 6.10 Å². The van der Waals surface area contributed by atoms with Gasteiger partial charge in [0.1, 0.15) is 11.9 Å². The fraction of sp³-hybridized carbons (Fsp3) is 0.650. The van der Waals surface area contributed by atoms with Gasteiger partial charge in [-0.15, -0.1) is 0 Å². The molecule has 2 unspecified atom stereocenters. The maximum atomic E-state index is 6.00. The molecule has 0 aromatic heterocycles. The molecule has 0 radical (unpaired) electrons. The average Bonchev–Trinajstić information content (AvgIpc) is 2.64. The molecule has 0 saturated carbocycles. The minimum Gasteiger partial charge on any atom is -0.489 e. The summed E-state index contributed by atoms with van der Waals surface area (Å²) in [5.74, 6) is 2.30. The van der Waals surface area contributed by atoms with Gasteiger partial charge in [0.15, 0.2) is 5.96 Å². The Hall–Kier alpha value is -1.79. The zero-order valence-corrected chi connectivity index (χ0v) is 16.6. The Kier molecular flexibility index (Phi) is 8.71. The number of aliphatic imine (C=N–C) groups is 1. The highest BCUT2D eigenvalue weighted by molar-refractivity contribution is 5.79. The lowest BCUT2D eigenvalue weighted by molar-refractivity contribution is 0.0320. The fourth-order valence-corrected chi connectivity index (χ4v) is 2.97. The molecule has 1 fully saturated rings. The highest BCUT2D eigenvalue weighted by Crippen LogP contribution is 2.17. The number of hydrogen-bond acceptors (Lipinski definition) is 4. The summed E-state index contributed by atoms with van der Waals surface area (Å²) in [6, 6.07) is 8.09. The van der Waals surface area contributed by atoms with Gasteiger partial charge in [-0.25, -0.2) is 0 Å². The van der Waals surface area contributed by atoms with Crippen LogP contribution in [0.4, 0.5) is 0 Å². The van der Waals surface area contributed by atoms with E-state index in [1.165, 1.54) is 0 Å². The molecule has 1 aliphatic heterocycles. The van der Waals surface area contributed by atoms with E-state index in [4.69, 9.17) is 9.47 Å². The van der Waals surface area contributed by atoms with Gasteiger partial charge in [0, 0.05) is 33.2 Å². The smallest absolute Gasteiger partial charge is 0.191 e. The first kappa shape index (κ1) is 20.5. The summed E-state index contributed by atoms with van der Waals surface area (Å²) in [5.41, 5.74) is 1.15. The molecular weight excluding hydrogens is 328 g/mol. The Labute approximate surface area is 158 Å². The molecule has 2 rings (SSSR count). The van der Waals surface area contributed by atoms with E-state index in [0.29, 0.717) is 12.5 Å². The number of ether oxygens (including phenoxy) is 2. The Morgan fingerprint density at radius 3 is 2.58 bits per heavy atom. The molecular formula is C20H34N4O2. The van der Waals surface area contributed by atoms with Crippen molar-refractivity contribution >= 4 is 5.96 Å². The van der Waals surface area contributed by atoms with Gasteiger partial charge in [-0.2, -0.15) is 0 Å². The predicted octanol–water partition coefficient (Wildman–Crippen LogP) is 1.90. The SMILES string of the molecule is CN=C(NCC(C)CN1CCOCC1)NCC(C)Oc1ccccc1C. The van der Waals surface area contributed by atoms with Crippen LogP contribution in [0.2, 0.25) is 0 Å². The molecule has 1 heterocycles. The molecule has 2 atom stereocenters. The first-order valence-electron chi connectivity index (χ1n) is 9.55. The summed E-state index contributed by atoms with van der Waals surface area (Å²) >= 11 is 0. The number of benzene rings is 1. The van der Waals surface area contributed by atoms with Crippen LogP contribution in [-0.2, 0) is 4.74 Å². The minimum absolute atomic E-state index is 0.0559. The third-order valence-corrected chi connectivity index (χ3v) is 4.49. The monoisotopic (exact) mass is 362 g/mol. The zero-order chi connectivity index (χ0) is 18.8. The van der Waals surface area contributed by atoms with Crippen LogP contribution in [-0.4, -0.2) is 69.9 Å². The molecule has 0 aliphatic carbocycles. The van der Waals surface area contributed by atoms with E-state index < -0.39 is 0 Å². The number of nitrogens with one attached hydrogen (secondary N) is 2. The third-order valence-electron chi connectivity index (χ3n) is 4.49. The maximum Gasteiger partial charge on any atom is 0.191 e. The number of hydrogen-bond donors (Lipinski definition) is 2. The van der Waals surface area contributed by atoms with Crippen molar-refractivity contribution in [2.24, 2.45) is 10.9 Å². The average molecular weight is 363 g/mol. The van der Waals surface area contributed by atoms with E-state index in [1.54, 1.807) is 7.05 Å². The lowest BCUT2D eigenvalue weighted by atomic mass is 10.1. The summed E-state index contributed by atoms with van der Waals surface area (Å²) in [7, 11) is 1.80. The van der Waals surface area contributed by atoms with E-state index in [2.05, 4.69) is 47.4 Å².